The van der Waals surface area contributed by atoms with Crippen molar-refractivity contribution in [1.29, 1.82) is 0 Å². The van der Waals surface area contributed by atoms with Gasteiger partial charge in [-0.15, -0.1) is 10.2 Å². The number of ketones is 1. The first-order valence-electron chi connectivity index (χ1n) is 10.2. The molecule has 0 spiro atoms. The molecule has 4 aromatic rings. The molecule has 0 radical (unpaired) electrons. The molecule has 0 amide bonds. The van der Waals surface area contributed by atoms with Crippen molar-refractivity contribution in [3.05, 3.63) is 75.1 Å². The second kappa shape index (κ2) is 10.7. The second-order valence-electron chi connectivity index (χ2n) is 7.35. The van der Waals surface area contributed by atoms with Crippen molar-refractivity contribution in [3.63, 3.8) is 0 Å². The fourth-order valence-corrected chi connectivity index (χ4v) is 3.55. The van der Waals surface area contributed by atoms with Gasteiger partial charge in [-0.05, 0) is 31.5 Å². The molecular weight excluding hydrogens is 435 g/mol. The van der Waals surface area contributed by atoms with Gasteiger partial charge >= 0.3 is 29.6 Å². The van der Waals surface area contributed by atoms with Crippen molar-refractivity contribution >= 4 is 11.4 Å². The number of aromatic hydroxyl groups is 1. The molecule has 33 heavy (non-hydrogen) atoms. The predicted molar refractivity (Wildman–Crippen MR) is 115 cm³/mol. The number of nitrogens with zero attached hydrogens (tertiary/aromatic N) is 5. The summed E-state index contributed by atoms with van der Waals surface area (Å²) in [6.07, 6.45) is 4.71. The zero-order chi connectivity index (χ0) is 22.7. The minimum absolute atomic E-state index is 0. The Morgan fingerprint density at radius 3 is 2.76 bits per heavy atom. The summed E-state index contributed by atoms with van der Waals surface area (Å²) < 4.78 is 7.45. The van der Waals surface area contributed by atoms with E-state index in [-0.39, 0.29) is 65.2 Å². The number of aromatic nitrogens is 6. The summed E-state index contributed by atoms with van der Waals surface area (Å²) in [5.41, 5.74) is 2.25. The molecule has 2 N–H and O–H groups in total. The molecule has 3 aromatic heterocycles. The summed E-state index contributed by atoms with van der Waals surface area (Å²) in [6.45, 7) is 3.53. The number of benzene rings is 1. The molecule has 0 fully saturated rings. The van der Waals surface area contributed by atoms with E-state index in [4.69, 9.17) is 4.74 Å². The Labute approximate surface area is 211 Å². The van der Waals surface area contributed by atoms with Gasteiger partial charge in [-0.3, -0.25) is 14.0 Å². The molecule has 0 aliphatic carbocycles. The fourth-order valence-electron chi connectivity index (χ4n) is 3.55. The monoisotopic (exact) mass is 457 g/mol. The van der Waals surface area contributed by atoms with Gasteiger partial charge in [0.25, 0.3) is 5.56 Å². The number of tetrazole rings is 1. The van der Waals surface area contributed by atoms with Crippen LogP contribution in [0.1, 0.15) is 53.1 Å². The van der Waals surface area contributed by atoms with E-state index in [9.17, 15) is 14.7 Å². The van der Waals surface area contributed by atoms with E-state index in [1.54, 1.807) is 24.4 Å². The van der Waals surface area contributed by atoms with Crippen molar-refractivity contribution in [1.82, 2.24) is 30.0 Å². The van der Waals surface area contributed by atoms with Gasteiger partial charge in [0.1, 0.15) is 23.8 Å². The van der Waals surface area contributed by atoms with Gasteiger partial charge in [-0.25, -0.2) is 4.98 Å². The number of hydrogen-bond donors (Lipinski definition) is 2. The number of phenols is 1. The summed E-state index contributed by atoms with van der Waals surface area (Å²) in [7, 11) is 0. The minimum atomic E-state index is -0.225. The first-order chi connectivity index (χ1) is 15.5. The van der Waals surface area contributed by atoms with Crippen LogP contribution in [0.2, 0.25) is 0 Å². The van der Waals surface area contributed by atoms with Crippen LogP contribution in [0.3, 0.4) is 0 Å². The third-order valence-corrected chi connectivity index (χ3v) is 5.12. The first kappa shape index (κ1) is 24.6. The van der Waals surface area contributed by atoms with Crippen LogP contribution in [0, 0.1) is 0 Å². The maximum absolute atomic E-state index is 12.9. The SMILES string of the molecule is CCCc1c(OCc2cccn3c(=O)c(Cc4nn[nH]n4)cnc23)ccc(C(C)=O)c1O.[Na+]. The second-order valence-corrected chi connectivity index (χ2v) is 7.35. The summed E-state index contributed by atoms with van der Waals surface area (Å²) in [5.74, 6) is 0.643. The Bertz CT molecular complexity index is 1340. The molecule has 164 valence electrons. The topological polar surface area (TPSA) is 135 Å². The van der Waals surface area contributed by atoms with Crippen LogP contribution in [-0.4, -0.2) is 40.9 Å². The number of phenolic OH excluding ortho intramolecular Hbond substituents is 1. The molecule has 1 aromatic carbocycles. The van der Waals surface area contributed by atoms with Crippen LogP contribution in [-0.2, 0) is 19.4 Å². The van der Waals surface area contributed by atoms with Crippen LogP contribution in [0.4, 0.5) is 0 Å². The van der Waals surface area contributed by atoms with Crippen molar-refractivity contribution in [2.45, 2.75) is 39.7 Å². The predicted octanol–water partition coefficient (Wildman–Crippen LogP) is -0.758. The van der Waals surface area contributed by atoms with E-state index in [1.807, 2.05) is 13.0 Å². The molecule has 0 saturated carbocycles. The number of ether oxygens (including phenoxy) is 1. The fraction of sp³-hybridized carbons (Fsp3) is 0.273. The van der Waals surface area contributed by atoms with Gasteiger partial charge in [-0.1, -0.05) is 24.6 Å². The first-order valence-corrected chi connectivity index (χ1v) is 10.2. The summed E-state index contributed by atoms with van der Waals surface area (Å²) in [5, 5.41) is 24.2. The zero-order valence-electron chi connectivity index (χ0n) is 18.7. The average molecular weight is 457 g/mol. The van der Waals surface area contributed by atoms with Crippen LogP contribution in [0.15, 0.2) is 41.5 Å². The smallest absolute Gasteiger partial charge is 0.507 e. The molecule has 10 nitrogen and oxygen atoms in total. The molecule has 0 unspecified atom stereocenters. The number of H-pyrrole nitrogens is 1. The van der Waals surface area contributed by atoms with E-state index >= 15 is 0 Å². The Kier molecular flexibility index (Phi) is 7.96. The number of hydrogen-bond acceptors (Lipinski definition) is 8. The van der Waals surface area contributed by atoms with Gasteiger partial charge in [0, 0.05) is 35.5 Å². The quantitative estimate of drug-likeness (QED) is 0.260. The van der Waals surface area contributed by atoms with Gasteiger partial charge in [-0.2, -0.15) is 5.21 Å². The number of pyridine rings is 1. The standard InChI is InChI=1S/C22H22N6O4.Na/c1-3-5-17-18(8-7-16(13(2)29)20(17)30)32-12-14-6-4-9-28-21(14)23-11-15(22(28)31)10-19-24-26-27-25-19;/h4,6-9,11,30H,3,5,10,12H2,1-2H3,(H,24,25,26,27);/q;+1. The number of Topliss-reactive ketones (excluding diaryl/α,β-unsaturated/α-hetero) is 1. The van der Waals surface area contributed by atoms with E-state index in [2.05, 4.69) is 25.6 Å². The van der Waals surface area contributed by atoms with E-state index in [1.165, 1.54) is 17.5 Å². The molecule has 0 aliphatic heterocycles. The van der Waals surface area contributed by atoms with Gasteiger partial charge < -0.3 is 9.84 Å². The number of fused-ring (bicyclic) bond motifs is 1. The Morgan fingerprint density at radius 1 is 1.24 bits per heavy atom. The molecule has 4 rings (SSSR count). The maximum atomic E-state index is 12.9. The van der Waals surface area contributed by atoms with Gasteiger partial charge in [0.2, 0.25) is 0 Å². The largest absolute Gasteiger partial charge is 1.00 e. The molecule has 0 bridgehead atoms. The van der Waals surface area contributed by atoms with E-state index in [0.717, 1.165) is 6.42 Å². The van der Waals surface area contributed by atoms with Crippen LogP contribution in [0.25, 0.3) is 5.65 Å². The van der Waals surface area contributed by atoms with Crippen LogP contribution in [0.5, 0.6) is 11.5 Å². The summed E-state index contributed by atoms with van der Waals surface area (Å²) in [6, 6.07) is 6.82. The Morgan fingerprint density at radius 2 is 2.06 bits per heavy atom. The number of rotatable bonds is 8. The van der Waals surface area contributed by atoms with E-state index < -0.39 is 0 Å². The number of carbonyl (C=O) groups is 1. The molecule has 0 atom stereocenters. The normalized spacial score (nSPS) is 10.7. The molecule has 0 aliphatic rings. The average Bonchev–Trinajstić information content (AvgIpc) is 3.29. The van der Waals surface area contributed by atoms with E-state index in [0.29, 0.717) is 40.3 Å². The number of nitrogens with one attached hydrogen (secondary N) is 1. The molecular formula is C22H22N6NaO4+. The molecule has 3 heterocycles. The molecule has 0 saturated heterocycles. The maximum Gasteiger partial charge on any atom is 1.00 e. The van der Waals surface area contributed by atoms with Crippen molar-refractivity contribution in [2.75, 3.05) is 0 Å². The van der Waals surface area contributed by atoms with Gasteiger partial charge in [0.05, 0.1) is 5.56 Å². The van der Waals surface area contributed by atoms with Crippen molar-refractivity contribution in [3.8, 4) is 11.5 Å². The summed E-state index contributed by atoms with van der Waals surface area (Å²) in [4.78, 5) is 29.1. The number of aromatic amines is 1. The third kappa shape index (κ3) is 5.13. The minimum Gasteiger partial charge on any atom is -0.507 e. The molecule has 11 heteroatoms. The van der Waals surface area contributed by atoms with Crippen LogP contribution >= 0.6 is 0 Å². The zero-order valence-corrected chi connectivity index (χ0v) is 20.7. The van der Waals surface area contributed by atoms with Crippen molar-refractivity contribution in [2.24, 2.45) is 0 Å². The third-order valence-electron chi connectivity index (χ3n) is 5.12. The summed E-state index contributed by atoms with van der Waals surface area (Å²) >= 11 is 0. The Balaban J connectivity index is 0.00000306. The number of carbonyl (C=O) groups excluding carboxylic acids is 1. The van der Waals surface area contributed by atoms with Crippen LogP contribution < -0.4 is 39.9 Å². The van der Waals surface area contributed by atoms with Gasteiger partial charge in [0.15, 0.2) is 11.6 Å². The Hall–Kier alpha value is -3.08. The van der Waals surface area contributed by atoms with Crippen molar-refractivity contribution < 1.29 is 44.2 Å².